The van der Waals surface area contributed by atoms with Gasteiger partial charge >= 0.3 is 6.03 Å². The van der Waals surface area contributed by atoms with Crippen LogP contribution >= 0.6 is 11.8 Å². The second-order valence-corrected chi connectivity index (χ2v) is 10.2. The van der Waals surface area contributed by atoms with Gasteiger partial charge < -0.3 is 20.1 Å². The Morgan fingerprint density at radius 1 is 1.15 bits per heavy atom. The van der Waals surface area contributed by atoms with Gasteiger partial charge in [-0.25, -0.2) is 4.79 Å². The summed E-state index contributed by atoms with van der Waals surface area (Å²) in [6, 6.07) is 10.5. The molecular formula is C25H32N4O3S. The van der Waals surface area contributed by atoms with Gasteiger partial charge in [-0.15, -0.1) is 0 Å². The van der Waals surface area contributed by atoms with E-state index in [0.29, 0.717) is 26.1 Å². The molecule has 2 bridgehead atoms. The highest BCUT2D eigenvalue weighted by Gasteiger charge is 2.37. The Balaban J connectivity index is 1.46. The van der Waals surface area contributed by atoms with Crippen LogP contribution < -0.4 is 16.2 Å². The largest absolute Gasteiger partial charge is 0.326 e. The molecule has 4 rings (SSSR count). The van der Waals surface area contributed by atoms with E-state index in [0.717, 1.165) is 34.7 Å². The molecular weight excluding hydrogens is 436 g/mol. The Labute approximate surface area is 198 Å². The number of pyridine rings is 1. The van der Waals surface area contributed by atoms with Crippen LogP contribution in [0.5, 0.6) is 0 Å². The van der Waals surface area contributed by atoms with Crippen LogP contribution in [-0.4, -0.2) is 52.5 Å². The smallest absolute Gasteiger partial charge is 0.318 e. The van der Waals surface area contributed by atoms with Gasteiger partial charge in [0.05, 0.1) is 0 Å². The number of carbonyl (C=O) groups excluding carboxylic acids is 2. The average Bonchev–Trinajstić information content (AvgIpc) is 2.79. The van der Waals surface area contributed by atoms with Crippen LogP contribution in [0.2, 0.25) is 0 Å². The third-order valence-corrected chi connectivity index (χ3v) is 7.29. The molecule has 1 aromatic carbocycles. The summed E-state index contributed by atoms with van der Waals surface area (Å²) in [5.74, 6) is 0.966. The number of aryl methyl sites for hydroxylation is 2. The van der Waals surface area contributed by atoms with Crippen molar-refractivity contribution in [3.05, 3.63) is 63.6 Å². The fourth-order valence-electron chi connectivity index (χ4n) is 4.90. The lowest BCUT2D eigenvalue weighted by molar-refractivity contribution is -0.118. The summed E-state index contributed by atoms with van der Waals surface area (Å²) < 4.78 is 1.85. The number of benzene rings is 1. The number of piperidine rings is 1. The molecule has 3 heterocycles. The standard InChI is InChI=1S/C25H32N4O3S/c1-16-7-8-17(2)21(11-16)26-24(31)20(9-10-33-3)27-25(32)28-13-18-12-19(15-28)22-5-4-6-23(30)29(22)14-18/h4-8,11,18-20H,9-10,12-15H2,1-3H3,(H,26,31)(H,27,32)/t18-,19+,20-/m0/s1. The second kappa shape index (κ2) is 10.0. The van der Waals surface area contributed by atoms with Crippen LogP contribution in [0.25, 0.3) is 0 Å². The number of likely N-dealkylation sites (tertiary alicyclic amines) is 1. The van der Waals surface area contributed by atoms with E-state index in [4.69, 9.17) is 0 Å². The number of rotatable bonds is 6. The van der Waals surface area contributed by atoms with E-state index in [9.17, 15) is 14.4 Å². The minimum absolute atomic E-state index is 0.0281. The number of nitrogens with zero attached hydrogens (tertiary/aromatic N) is 2. The lowest BCUT2D eigenvalue weighted by atomic mass is 9.83. The number of aromatic nitrogens is 1. The molecule has 0 unspecified atom stereocenters. The van der Waals surface area contributed by atoms with Gasteiger partial charge in [-0.1, -0.05) is 18.2 Å². The molecule has 7 nitrogen and oxygen atoms in total. The van der Waals surface area contributed by atoms with Crippen LogP contribution in [0.15, 0.2) is 41.2 Å². The number of hydrogen-bond acceptors (Lipinski definition) is 4. The number of thioether (sulfide) groups is 1. The predicted molar refractivity (Wildman–Crippen MR) is 133 cm³/mol. The second-order valence-electron chi connectivity index (χ2n) is 9.19. The molecule has 2 aromatic rings. The van der Waals surface area contributed by atoms with Crippen molar-refractivity contribution in [2.24, 2.45) is 5.92 Å². The molecule has 1 aromatic heterocycles. The van der Waals surface area contributed by atoms with Gasteiger partial charge in [-0.3, -0.25) is 9.59 Å². The Morgan fingerprint density at radius 2 is 1.97 bits per heavy atom. The summed E-state index contributed by atoms with van der Waals surface area (Å²) in [7, 11) is 0. The van der Waals surface area contributed by atoms with Gasteiger partial charge in [0.1, 0.15) is 6.04 Å². The molecule has 8 heteroatoms. The summed E-state index contributed by atoms with van der Waals surface area (Å²) >= 11 is 1.65. The first-order valence-electron chi connectivity index (χ1n) is 11.5. The predicted octanol–water partition coefficient (Wildman–Crippen LogP) is 3.35. The highest BCUT2D eigenvalue weighted by Crippen LogP contribution is 2.34. The Hall–Kier alpha value is -2.74. The summed E-state index contributed by atoms with van der Waals surface area (Å²) in [5, 5.41) is 6.00. The lowest BCUT2D eigenvalue weighted by Gasteiger charge is -2.43. The molecule has 176 valence electrons. The number of amides is 3. The van der Waals surface area contributed by atoms with E-state index in [1.807, 2.05) is 53.8 Å². The highest BCUT2D eigenvalue weighted by atomic mass is 32.2. The molecule has 2 aliphatic rings. The Morgan fingerprint density at radius 3 is 2.76 bits per heavy atom. The molecule has 2 aliphatic heterocycles. The summed E-state index contributed by atoms with van der Waals surface area (Å²) in [6.45, 7) is 5.73. The van der Waals surface area contributed by atoms with Gasteiger partial charge in [-0.2, -0.15) is 11.8 Å². The average molecular weight is 469 g/mol. The van der Waals surface area contributed by atoms with Crippen LogP contribution in [0.4, 0.5) is 10.5 Å². The van der Waals surface area contributed by atoms with Crippen molar-refractivity contribution in [2.45, 2.75) is 45.2 Å². The number of carbonyl (C=O) groups is 2. The molecule has 1 fully saturated rings. The fraction of sp³-hybridized carbons (Fsp3) is 0.480. The first-order chi connectivity index (χ1) is 15.9. The number of anilines is 1. The molecule has 0 aliphatic carbocycles. The number of fused-ring (bicyclic) bond motifs is 4. The van der Waals surface area contributed by atoms with E-state index < -0.39 is 6.04 Å². The Kier molecular flexibility index (Phi) is 7.12. The maximum Gasteiger partial charge on any atom is 0.318 e. The topological polar surface area (TPSA) is 83.4 Å². The monoisotopic (exact) mass is 468 g/mol. The summed E-state index contributed by atoms with van der Waals surface area (Å²) in [4.78, 5) is 40.4. The normalized spacial score (nSPS) is 20.0. The lowest BCUT2D eigenvalue weighted by Crippen LogP contribution is -2.55. The number of nitrogens with one attached hydrogen (secondary N) is 2. The zero-order chi connectivity index (χ0) is 23.5. The Bertz CT molecular complexity index is 1100. The molecule has 33 heavy (non-hydrogen) atoms. The quantitative estimate of drug-likeness (QED) is 0.681. The van der Waals surface area contributed by atoms with Crippen LogP contribution in [0.3, 0.4) is 0 Å². The molecule has 1 saturated heterocycles. The van der Waals surface area contributed by atoms with E-state index in [1.165, 1.54) is 0 Å². The minimum atomic E-state index is -0.610. The number of urea groups is 1. The summed E-state index contributed by atoms with van der Waals surface area (Å²) in [6.07, 6.45) is 3.53. The summed E-state index contributed by atoms with van der Waals surface area (Å²) in [5.41, 5.74) is 3.86. The van der Waals surface area contributed by atoms with Gasteiger partial charge in [-0.05, 0) is 67.9 Å². The fourth-order valence-corrected chi connectivity index (χ4v) is 5.37. The van der Waals surface area contributed by atoms with Crippen molar-refractivity contribution < 1.29 is 9.59 Å². The van der Waals surface area contributed by atoms with Crippen LogP contribution in [0.1, 0.15) is 35.6 Å². The van der Waals surface area contributed by atoms with Crippen molar-refractivity contribution in [3.8, 4) is 0 Å². The minimum Gasteiger partial charge on any atom is -0.326 e. The maximum atomic E-state index is 13.2. The third kappa shape index (κ3) is 5.27. The molecule has 2 N–H and O–H groups in total. The first kappa shape index (κ1) is 23.4. The van der Waals surface area contributed by atoms with E-state index in [1.54, 1.807) is 23.9 Å². The SMILES string of the molecule is CSCC[C@H](NC(=O)N1C[C@@H]2C[C@H](C1)c1cccc(=O)n1C2)C(=O)Nc1cc(C)ccc1C. The van der Waals surface area contributed by atoms with E-state index in [2.05, 4.69) is 10.6 Å². The first-order valence-corrected chi connectivity index (χ1v) is 12.9. The van der Waals surface area contributed by atoms with Gasteiger partial charge in [0, 0.05) is 43.0 Å². The van der Waals surface area contributed by atoms with Crippen molar-refractivity contribution in [3.63, 3.8) is 0 Å². The highest BCUT2D eigenvalue weighted by molar-refractivity contribution is 7.98. The third-order valence-electron chi connectivity index (χ3n) is 6.64. The van der Waals surface area contributed by atoms with Gasteiger partial charge in [0.15, 0.2) is 0 Å². The van der Waals surface area contributed by atoms with Crippen molar-refractivity contribution in [1.29, 1.82) is 0 Å². The molecule has 0 radical (unpaired) electrons. The van der Waals surface area contributed by atoms with Crippen molar-refractivity contribution in [2.75, 3.05) is 30.4 Å². The molecule has 3 atom stereocenters. The van der Waals surface area contributed by atoms with E-state index in [-0.39, 0.29) is 29.3 Å². The van der Waals surface area contributed by atoms with E-state index >= 15 is 0 Å². The zero-order valence-corrected chi connectivity index (χ0v) is 20.3. The molecule has 3 amide bonds. The van der Waals surface area contributed by atoms with Crippen molar-refractivity contribution >= 4 is 29.4 Å². The molecule has 0 saturated carbocycles. The maximum absolute atomic E-state index is 13.2. The molecule has 0 spiro atoms. The van der Waals surface area contributed by atoms with Crippen molar-refractivity contribution in [1.82, 2.24) is 14.8 Å². The van der Waals surface area contributed by atoms with Crippen LogP contribution in [-0.2, 0) is 11.3 Å². The van der Waals surface area contributed by atoms with Gasteiger partial charge in [0.2, 0.25) is 5.91 Å². The van der Waals surface area contributed by atoms with Crippen LogP contribution in [0, 0.1) is 19.8 Å². The zero-order valence-electron chi connectivity index (χ0n) is 19.5. The number of hydrogen-bond donors (Lipinski definition) is 2. The van der Waals surface area contributed by atoms with Gasteiger partial charge in [0.25, 0.3) is 5.56 Å².